The minimum atomic E-state index is -0.455. The number of halogens is 1. The van der Waals surface area contributed by atoms with E-state index in [1.165, 1.54) is 13.2 Å². The van der Waals surface area contributed by atoms with Gasteiger partial charge in [-0.15, -0.1) is 11.3 Å². The van der Waals surface area contributed by atoms with E-state index in [1.54, 1.807) is 6.07 Å². The van der Waals surface area contributed by atoms with Crippen LogP contribution in [0.5, 0.6) is 5.75 Å². The van der Waals surface area contributed by atoms with Crippen LogP contribution < -0.4 is 4.74 Å². The van der Waals surface area contributed by atoms with Gasteiger partial charge in [-0.05, 0) is 12.1 Å². The van der Waals surface area contributed by atoms with Gasteiger partial charge in [0.1, 0.15) is 6.07 Å². The van der Waals surface area contributed by atoms with Crippen LogP contribution in [0.1, 0.15) is 5.01 Å². The van der Waals surface area contributed by atoms with Gasteiger partial charge in [0.15, 0.2) is 16.6 Å². The third-order valence-electron chi connectivity index (χ3n) is 1.78. The topological polar surface area (TPSA) is 45.9 Å². The van der Waals surface area contributed by atoms with E-state index >= 15 is 0 Å². The first kappa shape index (κ1) is 8.91. The smallest absolute Gasteiger partial charge is 0.195 e. The van der Waals surface area contributed by atoms with Gasteiger partial charge >= 0.3 is 0 Å². The standard InChI is InChI=1S/C9H5FN2OS/c1-13-6-3-2-5-9(8(6)10)14-7(4-11)12-5/h2-3H,1H3. The molecule has 3 nitrogen and oxygen atoms in total. The number of ether oxygens (including phenoxy) is 1. The van der Waals surface area contributed by atoms with Gasteiger partial charge in [0.2, 0.25) is 0 Å². The molecule has 1 aromatic heterocycles. The van der Waals surface area contributed by atoms with Crippen molar-refractivity contribution in [2.24, 2.45) is 0 Å². The molecule has 0 saturated heterocycles. The van der Waals surface area contributed by atoms with Gasteiger partial charge in [-0.2, -0.15) is 5.26 Å². The fourth-order valence-electron chi connectivity index (χ4n) is 1.15. The summed E-state index contributed by atoms with van der Waals surface area (Å²) < 4.78 is 18.7. The molecule has 0 amide bonds. The van der Waals surface area contributed by atoms with Crippen molar-refractivity contribution in [2.75, 3.05) is 7.11 Å². The first-order valence-electron chi connectivity index (χ1n) is 3.79. The Bertz CT molecular complexity index is 529. The number of fused-ring (bicyclic) bond motifs is 1. The van der Waals surface area contributed by atoms with Crippen LogP contribution in [0, 0.1) is 17.1 Å². The van der Waals surface area contributed by atoms with Crippen molar-refractivity contribution in [1.29, 1.82) is 5.26 Å². The van der Waals surface area contributed by atoms with Crippen LogP contribution in [0.3, 0.4) is 0 Å². The molecule has 2 aromatic rings. The summed E-state index contributed by atoms with van der Waals surface area (Å²) in [5, 5.41) is 8.86. The van der Waals surface area contributed by atoms with E-state index in [4.69, 9.17) is 10.00 Å². The highest BCUT2D eigenvalue weighted by Gasteiger charge is 2.12. The molecule has 0 saturated carbocycles. The lowest BCUT2D eigenvalue weighted by Crippen LogP contribution is -1.86. The molecule has 0 fully saturated rings. The van der Waals surface area contributed by atoms with E-state index in [2.05, 4.69) is 4.98 Å². The lowest BCUT2D eigenvalue weighted by molar-refractivity contribution is 0.389. The molecule has 5 heteroatoms. The molecular weight excluding hydrogens is 203 g/mol. The molecule has 1 aromatic carbocycles. The number of aromatic nitrogens is 1. The molecule has 70 valence electrons. The highest BCUT2D eigenvalue weighted by Crippen LogP contribution is 2.30. The highest BCUT2D eigenvalue weighted by atomic mass is 32.1. The molecule has 0 unspecified atom stereocenters. The lowest BCUT2D eigenvalue weighted by Gasteiger charge is -1.99. The van der Waals surface area contributed by atoms with Crippen molar-refractivity contribution in [1.82, 2.24) is 4.98 Å². The van der Waals surface area contributed by atoms with E-state index in [1.807, 2.05) is 6.07 Å². The molecule has 1 heterocycles. The van der Waals surface area contributed by atoms with E-state index in [9.17, 15) is 4.39 Å². The van der Waals surface area contributed by atoms with E-state index in [0.29, 0.717) is 10.2 Å². The van der Waals surface area contributed by atoms with Crippen molar-refractivity contribution in [2.45, 2.75) is 0 Å². The quantitative estimate of drug-likeness (QED) is 0.722. The Kier molecular flexibility index (Phi) is 2.06. The molecule has 0 atom stereocenters. The summed E-state index contributed by atoms with van der Waals surface area (Å²) in [5.41, 5.74) is 0.491. The summed E-state index contributed by atoms with van der Waals surface area (Å²) >= 11 is 1.03. The molecule has 0 aliphatic carbocycles. The molecule has 0 bridgehead atoms. The van der Waals surface area contributed by atoms with E-state index < -0.39 is 5.82 Å². The maximum Gasteiger partial charge on any atom is 0.195 e. The third-order valence-corrected chi connectivity index (χ3v) is 2.75. The Morgan fingerprint density at radius 2 is 2.36 bits per heavy atom. The van der Waals surface area contributed by atoms with Crippen LogP contribution >= 0.6 is 11.3 Å². The van der Waals surface area contributed by atoms with Gasteiger partial charge < -0.3 is 4.74 Å². The second-order valence-corrected chi connectivity index (χ2v) is 3.56. The number of benzene rings is 1. The Morgan fingerprint density at radius 1 is 1.57 bits per heavy atom. The van der Waals surface area contributed by atoms with Crippen LogP contribution in [0.4, 0.5) is 4.39 Å². The summed E-state index contributed by atoms with van der Waals surface area (Å²) in [5.74, 6) is -0.283. The van der Waals surface area contributed by atoms with Gasteiger partial charge in [0.25, 0.3) is 0 Å². The zero-order valence-electron chi connectivity index (χ0n) is 7.24. The molecule has 14 heavy (non-hydrogen) atoms. The number of thiazole rings is 1. The third kappa shape index (κ3) is 1.20. The maximum atomic E-state index is 13.6. The Labute approximate surface area is 83.4 Å². The predicted octanol–water partition coefficient (Wildman–Crippen LogP) is 2.32. The van der Waals surface area contributed by atoms with Gasteiger partial charge in [-0.25, -0.2) is 9.37 Å². The number of hydrogen-bond donors (Lipinski definition) is 0. The lowest BCUT2D eigenvalue weighted by atomic mass is 10.3. The SMILES string of the molecule is COc1ccc2nc(C#N)sc2c1F. The molecule has 0 N–H and O–H groups in total. The average molecular weight is 208 g/mol. The monoisotopic (exact) mass is 208 g/mol. The van der Waals surface area contributed by atoms with Crippen LogP contribution in [-0.4, -0.2) is 12.1 Å². The largest absolute Gasteiger partial charge is 0.494 e. The van der Waals surface area contributed by atoms with E-state index in [0.717, 1.165) is 11.3 Å². The van der Waals surface area contributed by atoms with Gasteiger partial charge in [-0.1, -0.05) is 0 Å². The highest BCUT2D eigenvalue weighted by molar-refractivity contribution is 7.19. The summed E-state index contributed by atoms with van der Waals surface area (Å²) in [7, 11) is 1.40. The molecular formula is C9H5FN2OS. The molecule has 0 aliphatic heterocycles. The summed E-state index contributed by atoms with van der Waals surface area (Å²) in [6.07, 6.45) is 0. The normalized spacial score (nSPS) is 10.1. The summed E-state index contributed by atoms with van der Waals surface area (Å²) in [6.45, 7) is 0. The average Bonchev–Trinajstić information content (AvgIpc) is 2.62. The van der Waals surface area contributed by atoms with Crippen LogP contribution in [0.15, 0.2) is 12.1 Å². The van der Waals surface area contributed by atoms with Gasteiger partial charge in [-0.3, -0.25) is 0 Å². The predicted molar refractivity (Wildman–Crippen MR) is 50.8 cm³/mol. The Hall–Kier alpha value is -1.67. The number of nitrogens with zero attached hydrogens (tertiary/aromatic N) is 2. The zero-order chi connectivity index (χ0) is 10.1. The summed E-state index contributed by atoms with van der Waals surface area (Å²) in [6, 6.07) is 5.01. The second kappa shape index (κ2) is 3.24. The summed E-state index contributed by atoms with van der Waals surface area (Å²) in [4.78, 5) is 3.93. The first-order valence-corrected chi connectivity index (χ1v) is 4.61. The maximum absolute atomic E-state index is 13.6. The van der Waals surface area contributed by atoms with Gasteiger partial charge in [0, 0.05) is 0 Å². The number of methoxy groups -OCH3 is 1. The Morgan fingerprint density at radius 3 is 3.00 bits per heavy atom. The molecule has 0 aliphatic rings. The van der Waals surface area contributed by atoms with Crippen molar-refractivity contribution in [3.8, 4) is 11.8 Å². The van der Waals surface area contributed by atoms with Crippen LogP contribution in [-0.2, 0) is 0 Å². The minimum Gasteiger partial charge on any atom is -0.494 e. The fourth-order valence-corrected chi connectivity index (χ4v) is 1.94. The van der Waals surface area contributed by atoms with Crippen molar-refractivity contribution < 1.29 is 9.13 Å². The first-order chi connectivity index (χ1) is 6.76. The van der Waals surface area contributed by atoms with Crippen molar-refractivity contribution >= 4 is 21.6 Å². The molecule has 0 spiro atoms. The Balaban J connectivity index is 2.76. The zero-order valence-corrected chi connectivity index (χ0v) is 8.06. The van der Waals surface area contributed by atoms with Crippen LogP contribution in [0.2, 0.25) is 0 Å². The van der Waals surface area contributed by atoms with Crippen molar-refractivity contribution in [3.63, 3.8) is 0 Å². The fraction of sp³-hybridized carbons (Fsp3) is 0.111. The second-order valence-electron chi connectivity index (χ2n) is 2.56. The van der Waals surface area contributed by atoms with Crippen LogP contribution in [0.25, 0.3) is 10.2 Å². The molecule has 0 radical (unpaired) electrons. The van der Waals surface area contributed by atoms with Gasteiger partial charge in [0.05, 0.1) is 17.3 Å². The van der Waals surface area contributed by atoms with E-state index in [-0.39, 0.29) is 10.8 Å². The number of rotatable bonds is 1. The molecule has 2 rings (SSSR count). The number of nitriles is 1. The van der Waals surface area contributed by atoms with Crippen molar-refractivity contribution in [3.05, 3.63) is 23.0 Å². The minimum absolute atomic E-state index is 0.172. The number of hydrogen-bond acceptors (Lipinski definition) is 4.